The lowest BCUT2D eigenvalue weighted by Gasteiger charge is -2.10. The number of nitrogens with two attached hydrogens (primary N) is 1. The second-order valence-electron chi connectivity index (χ2n) is 4.29. The zero-order valence-electron chi connectivity index (χ0n) is 10.8. The van der Waals surface area contributed by atoms with Crippen molar-refractivity contribution in [1.82, 2.24) is 0 Å². The maximum absolute atomic E-state index is 13.5. The van der Waals surface area contributed by atoms with Crippen molar-refractivity contribution >= 4 is 39.1 Å². The highest BCUT2D eigenvalue weighted by Crippen LogP contribution is 2.30. The van der Waals surface area contributed by atoms with Crippen LogP contribution in [0.5, 0.6) is 0 Å². The first-order chi connectivity index (χ1) is 10.0. The van der Waals surface area contributed by atoms with E-state index in [9.17, 15) is 4.39 Å². The maximum Gasteiger partial charge on any atom is 0.170 e. The van der Waals surface area contributed by atoms with Gasteiger partial charge in [0.05, 0.1) is 15.2 Å². The number of benzene rings is 2. The first-order valence-electron chi connectivity index (χ1n) is 5.96. The largest absolute Gasteiger partial charge is 0.409 e. The predicted molar refractivity (Wildman–Crippen MR) is 85.4 cm³/mol. The molecule has 2 aromatic rings. The molecule has 0 aliphatic rings. The van der Waals surface area contributed by atoms with E-state index in [4.69, 9.17) is 22.5 Å². The number of anilines is 1. The van der Waals surface area contributed by atoms with E-state index in [1.54, 1.807) is 12.1 Å². The standard InChI is InChI=1S/C14H12BrClFN3O/c15-13-11(16)2-1-3-12(13)19-7-8-4-9(14(18)20-21)6-10(17)5-8/h1-6,19,21H,7H2,(H2,18,20). The highest BCUT2D eigenvalue weighted by atomic mass is 79.9. The second kappa shape index (κ2) is 6.78. The van der Waals surface area contributed by atoms with Crippen LogP contribution in [0.4, 0.5) is 10.1 Å². The highest BCUT2D eigenvalue weighted by molar-refractivity contribution is 9.10. The molecule has 2 aromatic carbocycles. The van der Waals surface area contributed by atoms with Gasteiger partial charge in [-0.15, -0.1) is 0 Å². The Kier molecular flexibility index (Phi) is 5.03. The molecular formula is C14H12BrClFN3O. The second-order valence-corrected chi connectivity index (χ2v) is 5.49. The summed E-state index contributed by atoms with van der Waals surface area (Å²) < 4.78 is 14.3. The van der Waals surface area contributed by atoms with Crippen molar-refractivity contribution in [1.29, 1.82) is 0 Å². The predicted octanol–water partition coefficient (Wildman–Crippen LogP) is 3.95. The summed E-state index contributed by atoms with van der Waals surface area (Å²) in [6, 6.07) is 9.63. The molecular weight excluding hydrogens is 361 g/mol. The van der Waals surface area contributed by atoms with Crippen LogP contribution >= 0.6 is 27.5 Å². The average molecular weight is 373 g/mol. The fourth-order valence-electron chi connectivity index (χ4n) is 1.80. The summed E-state index contributed by atoms with van der Waals surface area (Å²) in [7, 11) is 0. The summed E-state index contributed by atoms with van der Waals surface area (Å²) in [6.07, 6.45) is 0. The molecule has 0 aliphatic heterocycles. The van der Waals surface area contributed by atoms with E-state index in [-0.39, 0.29) is 5.84 Å². The molecule has 0 unspecified atom stereocenters. The summed E-state index contributed by atoms with van der Waals surface area (Å²) in [6.45, 7) is 0.364. The van der Waals surface area contributed by atoms with Gasteiger partial charge in [0.2, 0.25) is 0 Å². The Morgan fingerprint density at radius 2 is 2.14 bits per heavy atom. The summed E-state index contributed by atoms with van der Waals surface area (Å²) in [5.41, 5.74) is 7.24. The lowest BCUT2D eigenvalue weighted by Crippen LogP contribution is -2.14. The van der Waals surface area contributed by atoms with Gasteiger partial charge in [0.1, 0.15) is 5.82 Å². The zero-order valence-corrected chi connectivity index (χ0v) is 13.1. The normalized spacial score (nSPS) is 11.5. The molecule has 0 amide bonds. The van der Waals surface area contributed by atoms with Crippen LogP contribution < -0.4 is 11.1 Å². The topological polar surface area (TPSA) is 70.6 Å². The van der Waals surface area contributed by atoms with E-state index in [0.29, 0.717) is 22.7 Å². The van der Waals surface area contributed by atoms with Gasteiger partial charge in [-0.2, -0.15) is 0 Å². The van der Waals surface area contributed by atoms with Crippen molar-refractivity contribution in [2.45, 2.75) is 6.54 Å². The van der Waals surface area contributed by atoms with Gasteiger partial charge in [-0.05, 0) is 51.8 Å². The lowest BCUT2D eigenvalue weighted by atomic mass is 10.1. The monoisotopic (exact) mass is 371 g/mol. The van der Waals surface area contributed by atoms with Crippen LogP contribution in [0.1, 0.15) is 11.1 Å². The minimum atomic E-state index is -0.457. The third kappa shape index (κ3) is 3.86. The first-order valence-corrected chi connectivity index (χ1v) is 7.13. The molecule has 0 radical (unpaired) electrons. The summed E-state index contributed by atoms with van der Waals surface area (Å²) in [4.78, 5) is 0. The molecule has 0 aromatic heterocycles. The molecule has 0 aliphatic carbocycles. The van der Waals surface area contributed by atoms with Gasteiger partial charge >= 0.3 is 0 Å². The van der Waals surface area contributed by atoms with E-state index >= 15 is 0 Å². The Morgan fingerprint density at radius 3 is 2.86 bits per heavy atom. The van der Waals surface area contributed by atoms with Crippen LogP contribution in [0.2, 0.25) is 5.02 Å². The first kappa shape index (κ1) is 15.6. The van der Waals surface area contributed by atoms with Crippen molar-refractivity contribution in [3.05, 3.63) is 62.8 Å². The van der Waals surface area contributed by atoms with Crippen LogP contribution in [0.25, 0.3) is 0 Å². The minimum absolute atomic E-state index is 0.139. The molecule has 0 atom stereocenters. The molecule has 0 saturated carbocycles. The van der Waals surface area contributed by atoms with E-state index in [1.807, 2.05) is 12.1 Å². The van der Waals surface area contributed by atoms with Crippen molar-refractivity contribution in [2.24, 2.45) is 10.9 Å². The Hall–Kier alpha value is -1.79. The van der Waals surface area contributed by atoms with Gasteiger partial charge < -0.3 is 16.3 Å². The smallest absolute Gasteiger partial charge is 0.170 e. The molecule has 0 saturated heterocycles. The number of nitrogens with one attached hydrogen (secondary N) is 1. The number of amidine groups is 1. The molecule has 21 heavy (non-hydrogen) atoms. The van der Waals surface area contributed by atoms with Gasteiger partial charge in [-0.25, -0.2) is 4.39 Å². The van der Waals surface area contributed by atoms with Gasteiger partial charge in [0, 0.05) is 12.1 Å². The molecule has 7 heteroatoms. The molecule has 2 rings (SSSR count). The number of rotatable bonds is 4. The van der Waals surface area contributed by atoms with E-state index in [2.05, 4.69) is 26.4 Å². The fourth-order valence-corrected chi connectivity index (χ4v) is 2.37. The molecule has 0 heterocycles. The fraction of sp³-hybridized carbons (Fsp3) is 0.0714. The quantitative estimate of drug-likeness (QED) is 0.329. The number of halogens is 3. The van der Waals surface area contributed by atoms with Crippen molar-refractivity contribution < 1.29 is 9.60 Å². The Morgan fingerprint density at radius 1 is 1.38 bits per heavy atom. The summed E-state index contributed by atoms with van der Waals surface area (Å²) >= 11 is 9.38. The number of hydrogen-bond donors (Lipinski definition) is 3. The minimum Gasteiger partial charge on any atom is -0.409 e. The Balaban J connectivity index is 2.20. The summed E-state index contributed by atoms with van der Waals surface area (Å²) in [5, 5.41) is 15.2. The van der Waals surface area contributed by atoms with Crippen LogP contribution in [0.3, 0.4) is 0 Å². The Labute approximate surface area is 134 Å². The van der Waals surface area contributed by atoms with Gasteiger partial charge in [0.25, 0.3) is 0 Å². The van der Waals surface area contributed by atoms with Crippen LogP contribution in [-0.4, -0.2) is 11.0 Å². The van der Waals surface area contributed by atoms with Gasteiger partial charge in [-0.3, -0.25) is 0 Å². The number of nitrogens with zero attached hydrogens (tertiary/aromatic N) is 1. The van der Waals surface area contributed by atoms with E-state index in [1.165, 1.54) is 12.1 Å². The van der Waals surface area contributed by atoms with Gasteiger partial charge in [0.15, 0.2) is 5.84 Å². The summed E-state index contributed by atoms with van der Waals surface area (Å²) in [5.74, 6) is -0.597. The van der Waals surface area contributed by atoms with E-state index < -0.39 is 5.82 Å². The van der Waals surface area contributed by atoms with Crippen molar-refractivity contribution in [3.8, 4) is 0 Å². The van der Waals surface area contributed by atoms with Crippen LogP contribution in [0, 0.1) is 5.82 Å². The van der Waals surface area contributed by atoms with Crippen LogP contribution in [-0.2, 0) is 6.54 Å². The molecule has 4 N–H and O–H groups in total. The lowest BCUT2D eigenvalue weighted by molar-refractivity contribution is 0.318. The Bertz CT molecular complexity index is 694. The average Bonchev–Trinajstić information content (AvgIpc) is 2.47. The molecule has 0 fully saturated rings. The van der Waals surface area contributed by atoms with Crippen LogP contribution in [0.15, 0.2) is 46.0 Å². The molecule has 110 valence electrons. The maximum atomic E-state index is 13.5. The SMILES string of the molecule is N/C(=N/O)c1cc(F)cc(CNc2cccc(Cl)c2Br)c1. The number of hydrogen-bond acceptors (Lipinski definition) is 3. The molecule has 4 nitrogen and oxygen atoms in total. The van der Waals surface area contributed by atoms with Crippen molar-refractivity contribution in [2.75, 3.05) is 5.32 Å². The van der Waals surface area contributed by atoms with Gasteiger partial charge in [-0.1, -0.05) is 22.8 Å². The third-order valence-corrected chi connectivity index (χ3v) is 4.19. The van der Waals surface area contributed by atoms with E-state index in [0.717, 1.165) is 10.2 Å². The molecule has 0 spiro atoms. The molecule has 0 bridgehead atoms. The number of oxime groups is 1. The van der Waals surface area contributed by atoms with Crippen molar-refractivity contribution in [3.63, 3.8) is 0 Å². The highest BCUT2D eigenvalue weighted by Gasteiger charge is 2.07. The third-order valence-electron chi connectivity index (χ3n) is 2.80. The zero-order chi connectivity index (χ0) is 15.4.